The topological polar surface area (TPSA) is 126 Å². The summed E-state index contributed by atoms with van der Waals surface area (Å²) in [7, 11) is -4.80. The predicted octanol–water partition coefficient (Wildman–Crippen LogP) is 4.60. The van der Waals surface area contributed by atoms with Crippen molar-refractivity contribution in [1.29, 1.82) is 0 Å². The van der Waals surface area contributed by atoms with Gasteiger partial charge in [-0.3, -0.25) is 9.36 Å². The molecule has 1 unspecified atom stereocenters. The maximum atomic E-state index is 12.9. The van der Waals surface area contributed by atoms with Gasteiger partial charge < -0.3 is 20.8 Å². The smallest absolute Gasteiger partial charge is 0.342 e. The van der Waals surface area contributed by atoms with Gasteiger partial charge >= 0.3 is 7.60 Å². The molecule has 4 rings (SSSR count). The zero-order valence-electron chi connectivity index (χ0n) is 14.0. The summed E-state index contributed by atoms with van der Waals surface area (Å²) in [6.07, 6.45) is 0. The first-order chi connectivity index (χ1) is 13.2. The molecular weight excluding hydrogens is 441 g/mol. The molecule has 0 saturated carbocycles. The predicted molar refractivity (Wildman–Crippen MR) is 114 cm³/mol. The van der Waals surface area contributed by atoms with E-state index in [4.69, 9.17) is 17.3 Å². The molecule has 28 heavy (non-hydrogen) atoms. The Balaban J connectivity index is 1.73. The van der Waals surface area contributed by atoms with Crippen molar-refractivity contribution in [2.24, 2.45) is 0 Å². The molecule has 144 valence electrons. The maximum Gasteiger partial charge on any atom is 0.342 e. The van der Waals surface area contributed by atoms with E-state index in [-0.39, 0.29) is 5.56 Å². The Morgan fingerprint density at radius 1 is 1.21 bits per heavy atom. The number of rotatable bonds is 4. The van der Waals surface area contributed by atoms with Crippen LogP contribution in [0.15, 0.2) is 41.8 Å². The van der Waals surface area contributed by atoms with Gasteiger partial charge in [-0.25, -0.2) is 4.98 Å². The van der Waals surface area contributed by atoms with Crippen LogP contribution in [-0.4, -0.2) is 20.7 Å². The molecule has 7 nitrogen and oxygen atoms in total. The molecule has 1 amide bonds. The molecule has 0 radical (unpaired) electrons. The standard InChI is InChI=1S/C17H13ClN3O4PS2/c18-8-1-3-13-10(5-8)11(7-27-13)15(26(23,24)25)16(22)20-9-2-4-14-12(6-9)21-17(19)28-14/h1-7,15H,(H2,19,21)(H,20,22)(H2,23,24,25). The van der Waals surface area contributed by atoms with Crippen molar-refractivity contribution in [1.82, 2.24) is 4.98 Å². The fourth-order valence-corrected chi connectivity index (χ4v) is 5.84. The van der Waals surface area contributed by atoms with Gasteiger partial charge in [-0.05, 0) is 52.7 Å². The van der Waals surface area contributed by atoms with Crippen molar-refractivity contribution >= 4 is 78.9 Å². The highest BCUT2D eigenvalue weighted by atomic mass is 35.5. The van der Waals surface area contributed by atoms with Crippen molar-refractivity contribution < 1.29 is 19.1 Å². The first-order valence-electron chi connectivity index (χ1n) is 7.91. The average Bonchev–Trinajstić information content (AvgIpc) is 3.16. The molecule has 4 aromatic rings. The minimum absolute atomic E-state index is 0.243. The lowest BCUT2D eigenvalue weighted by Gasteiger charge is -2.18. The number of thiophene rings is 1. The van der Waals surface area contributed by atoms with Crippen LogP contribution >= 0.6 is 41.9 Å². The average molecular weight is 454 g/mol. The Kier molecular flexibility index (Phi) is 4.91. The quantitative estimate of drug-likeness (QED) is 0.334. The Morgan fingerprint density at radius 2 is 1.96 bits per heavy atom. The number of nitrogens with one attached hydrogen (secondary N) is 1. The van der Waals surface area contributed by atoms with Gasteiger partial charge in [0.05, 0.1) is 10.2 Å². The second-order valence-electron chi connectivity index (χ2n) is 6.05. The van der Waals surface area contributed by atoms with Crippen LogP contribution in [0.4, 0.5) is 10.8 Å². The number of aromatic nitrogens is 1. The van der Waals surface area contributed by atoms with E-state index in [2.05, 4.69) is 10.3 Å². The molecule has 0 spiro atoms. The SMILES string of the molecule is Nc1nc2cc(NC(=O)C(c3csc4ccc(Cl)cc34)P(=O)(O)O)ccc2s1. The second-order valence-corrected chi connectivity index (χ2v) is 10.2. The van der Waals surface area contributed by atoms with Crippen LogP contribution in [-0.2, 0) is 9.36 Å². The highest BCUT2D eigenvalue weighted by Crippen LogP contribution is 2.54. The van der Waals surface area contributed by atoms with E-state index in [1.165, 1.54) is 22.7 Å². The molecule has 0 aliphatic rings. The normalized spacial score (nSPS) is 13.1. The van der Waals surface area contributed by atoms with Crippen molar-refractivity contribution in [3.05, 3.63) is 52.4 Å². The first-order valence-corrected chi connectivity index (χ1v) is 11.7. The lowest BCUT2D eigenvalue weighted by molar-refractivity contribution is -0.116. The lowest BCUT2D eigenvalue weighted by Crippen LogP contribution is -2.21. The number of nitrogen functional groups attached to an aromatic ring is 1. The van der Waals surface area contributed by atoms with Gasteiger partial charge in [-0.1, -0.05) is 22.9 Å². The number of nitrogens with two attached hydrogens (primary N) is 1. The van der Waals surface area contributed by atoms with Crippen LogP contribution in [0.1, 0.15) is 11.2 Å². The minimum Gasteiger partial charge on any atom is -0.375 e. The van der Waals surface area contributed by atoms with Crippen LogP contribution in [0.2, 0.25) is 5.02 Å². The van der Waals surface area contributed by atoms with Crippen LogP contribution in [0.3, 0.4) is 0 Å². The second kappa shape index (κ2) is 7.11. The van der Waals surface area contributed by atoms with E-state index in [1.54, 1.807) is 41.8 Å². The molecule has 11 heteroatoms. The molecule has 0 bridgehead atoms. The largest absolute Gasteiger partial charge is 0.375 e. The summed E-state index contributed by atoms with van der Waals surface area (Å²) in [5, 5.41) is 5.52. The zero-order valence-corrected chi connectivity index (χ0v) is 17.3. The van der Waals surface area contributed by atoms with E-state index >= 15 is 0 Å². The Hall–Kier alpha value is -2.00. The van der Waals surface area contributed by atoms with Gasteiger partial charge in [0.1, 0.15) is 0 Å². The number of benzene rings is 2. The summed E-state index contributed by atoms with van der Waals surface area (Å²) in [4.78, 5) is 36.8. The van der Waals surface area contributed by atoms with Crippen molar-refractivity contribution in [2.75, 3.05) is 11.1 Å². The van der Waals surface area contributed by atoms with Crippen LogP contribution in [0.5, 0.6) is 0 Å². The summed E-state index contributed by atoms with van der Waals surface area (Å²) in [5.74, 6) is -0.810. The van der Waals surface area contributed by atoms with Crippen LogP contribution in [0.25, 0.3) is 20.3 Å². The highest BCUT2D eigenvalue weighted by Gasteiger charge is 2.39. The van der Waals surface area contributed by atoms with Crippen LogP contribution < -0.4 is 11.1 Å². The van der Waals surface area contributed by atoms with Crippen molar-refractivity contribution in [2.45, 2.75) is 5.66 Å². The summed E-state index contributed by atoms with van der Waals surface area (Å²) < 4.78 is 13.8. The van der Waals surface area contributed by atoms with E-state index < -0.39 is 19.2 Å². The third-order valence-corrected chi connectivity index (χ3v) is 7.38. The molecule has 2 heterocycles. The highest BCUT2D eigenvalue weighted by molar-refractivity contribution is 7.53. The van der Waals surface area contributed by atoms with E-state index in [0.717, 1.165) is 9.40 Å². The molecule has 2 aromatic carbocycles. The number of amides is 1. The molecule has 2 aromatic heterocycles. The zero-order chi connectivity index (χ0) is 20.1. The van der Waals surface area contributed by atoms with Crippen LogP contribution in [0, 0.1) is 0 Å². The van der Waals surface area contributed by atoms with Gasteiger partial charge in [0, 0.05) is 15.4 Å². The number of carbonyl (C=O) groups is 1. The summed E-state index contributed by atoms with van der Waals surface area (Å²) >= 11 is 8.63. The number of carbonyl (C=O) groups excluding carboxylic acids is 1. The first kappa shape index (κ1) is 19.3. The summed E-state index contributed by atoms with van der Waals surface area (Å²) in [6, 6.07) is 10.0. The molecule has 1 atom stereocenters. The number of anilines is 2. The summed E-state index contributed by atoms with van der Waals surface area (Å²) in [6.45, 7) is 0. The molecular formula is C17H13ClN3O4PS2. The third-order valence-electron chi connectivity index (χ3n) is 4.12. The number of nitrogens with zero attached hydrogens (tertiary/aromatic N) is 1. The fraction of sp³-hybridized carbons (Fsp3) is 0.0588. The van der Waals surface area contributed by atoms with E-state index in [9.17, 15) is 19.1 Å². The van der Waals surface area contributed by atoms with Crippen molar-refractivity contribution in [3.8, 4) is 0 Å². The molecule has 0 saturated heterocycles. The Labute approximate surface area is 171 Å². The lowest BCUT2D eigenvalue weighted by atomic mass is 10.1. The summed E-state index contributed by atoms with van der Waals surface area (Å²) in [5.41, 5.74) is 5.24. The number of hydrogen-bond donors (Lipinski definition) is 4. The molecule has 5 N–H and O–H groups in total. The fourth-order valence-electron chi connectivity index (χ4n) is 2.94. The molecule has 0 aliphatic heterocycles. The molecule has 0 fully saturated rings. The molecule has 0 aliphatic carbocycles. The van der Waals surface area contributed by atoms with Gasteiger partial charge in [0.25, 0.3) is 0 Å². The maximum absolute atomic E-state index is 12.9. The van der Waals surface area contributed by atoms with Gasteiger partial charge in [-0.2, -0.15) is 0 Å². The Bertz CT molecular complexity index is 1270. The van der Waals surface area contributed by atoms with Gasteiger partial charge in [0.15, 0.2) is 10.8 Å². The minimum atomic E-state index is -4.80. The van der Waals surface area contributed by atoms with Gasteiger partial charge in [0.2, 0.25) is 5.91 Å². The number of halogens is 1. The van der Waals surface area contributed by atoms with E-state index in [1.807, 2.05) is 0 Å². The number of hydrogen-bond acceptors (Lipinski definition) is 6. The van der Waals surface area contributed by atoms with Gasteiger partial charge in [-0.15, -0.1) is 11.3 Å². The van der Waals surface area contributed by atoms with Crippen molar-refractivity contribution in [3.63, 3.8) is 0 Å². The Morgan fingerprint density at radius 3 is 2.71 bits per heavy atom. The monoisotopic (exact) mass is 453 g/mol. The third kappa shape index (κ3) is 3.65. The number of fused-ring (bicyclic) bond motifs is 2. The van der Waals surface area contributed by atoms with E-state index in [0.29, 0.717) is 26.7 Å². The number of thiazole rings is 1.